The maximum absolute atomic E-state index is 11.2. The predicted octanol–water partition coefficient (Wildman–Crippen LogP) is 2.75. The van der Waals surface area contributed by atoms with Crippen LogP contribution in [0.5, 0.6) is 0 Å². The van der Waals surface area contributed by atoms with Gasteiger partial charge < -0.3 is 14.6 Å². The van der Waals surface area contributed by atoms with Crippen LogP contribution < -0.4 is 5.32 Å². The van der Waals surface area contributed by atoms with Crippen LogP contribution in [0, 0.1) is 5.92 Å². The quantitative estimate of drug-likeness (QED) is 0.504. The molecule has 1 aromatic rings. The third kappa shape index (κ3) is 8.50. The van der Waals surface area contributed by atoms with E-state index in [9.17, 15) is 4.79 Å². The highest BCUT2D eigenvalue weighted by molar-refractivity contribution is 5.69. The van der Waals surface area contributed by atoms with Gasteiger partial charge in [0.25, 0.3) is 0 Å². The van der Waals surface area contributed by atoms with E-state index in [0.717, 1.165) is 44.6 Å². The number of unbranched alkanes of at least 4 members (excludes halogenated alkanes) is 2. The zero-order valence-electron chi connectivity index (χ0n) is 13.6. The second-order valence-corrected chi connectivity index (χ2v) is 5.74. The average Bonchev–Trinajstić information content (AvgIpc) is 2.86. The van der Waals surface area contributed by atoms with E-state index in [4.69, 9.17) is 4.74 Å². The molecule has 5 nitrogen and oxygen atoms in total. The lowest BCUT2D eigenvalue weighted by molar-refractivity contribution is -0.143. The number of hydrogen-bond donors (Lipinski definition) is 1. The molecule has 0 aliphatic heterocycles. The summed E-state index contributed by atoms with van der Waals surface area (Å²) in [5.74, 6) is 0.574. The largest absolute Gasteiger partial charge is 0.466 e. The Labute approximate surface area is 128 Å². The molecule has 0 unspecified atom stereocenters. The number of rotatable bonds is 11. The van der Waals surface area contributed by atoms with Crippen molar-refractivity contribution in [3.8, 4) is 0 Å². The zero-order chi connectivity index (χ0) is 15.5. The van der Waals surface area contributed by atoms with Crippen molar-refractivity contribution in [3.05, 3.63) is 18.2 Å². The van der Waals surface area contributed by atoms with Crippen LogP contribution in [0.3, 0.4) is 0 Å². The molecule has 0 spiro atoms. The number of imidazole rings is 1. The van der Waals surface area contributed by atoms with Gasteiger partial charge in [-0.3, -0.25) is 4.79 Å². The minimum absolute atomic E-state index is 0.0846. The second kappa shape index (κ2) is 10.4. The Hall–Kier alpha value is -1.36. The Morgan fingerprint density at radius 2 is 2.19 bits per heavy atom. The van der Waals surface area contributed by atoms with Crippen molar-refractivity contribution in [2.45, 2.75) is 59.5 Å². The predicted molar refractivity (Wildman–Crippen MR) is 83.9 cm³/mol. The standard InChI is InChI=1S/C16H29N3O2/c1-4-21-16(20)8-6-5-7-9-19-12-15(18-13-19)11-17-10-14(2)3/h12-14,17H,4-11H2,1-3H3. The van der Waals surface area contributed by atoms with Crippen LogP contribution in [0.15, 0.2) is 12.5 Å². The van der Waals surface area contributed by atoms with Crippen molar-refractivity contribution < 1.29 is 9.53 Å². The van der Waals surface area contributed by atoms with E-state index in [-0.39, 0.29) is 5.97 Å². The van der Waals surface area contributed by atoms with Crippen molar-refractivity contribution in [3.63, 3.8) is 0 Å². The van der Waals surface area contributed by atoms with Crippen LogP contribution in [-0.4, -0.2) is 28.7 Å². The van der Waals surface area contributed by atoms with Gasteiger partial charge in [0, 0.05) is 25.7 Å². The minimum atomic E-state index is -0.0846. The second-order valence-electron chi connectivity index (χ2n) is 5.74. The summed E-state index contributed by atoms with van der Waals surface area (Å²) in [5, 5.41) is 3.39. The Balaban J connectivity index is 2.10. The molecule has 120 valence electrons. The topological polar surface area (TPSA) is 56.2 Å². The third-order valence-electron chi connectivity index (χ3n) is 3.15. The maximum atomic E-state index is 11.2. The summed E-state index contributed by atoms with van der Waals surface area (Å²) < 4.78 is 7.02. The number of esters is 1. The molecule has 0 radical (unpaired) electrons. The lowest BCUT2D eigenvalue weighted by Crippen LogP contribution is -2.19. The molecule has 5 heteroatoms. The summed E-state index contributed by atoms with van der Waals surface area (Å²) in [6.07, 6.45) is 7.52. The summed E-state index contributed by atoms with van der Waals surface area (Å²) in [6, 6.07) is 0. The molecular weight excluding hydrogens is 266 g/mol. The van der Waals surface area contributed by atoms with Crippen molar-refractivity contribution in [1.82, 2.24) is 14.9 Å². The van der Waals surface area contributed by atoms with Gasteiger partial charge in [-0.15, -0.1) is 0 Å². The number of nitrogens with zero attached hydrogens (tertiary/aromatic N) is 2. The van der Waals surface area contributed by atoms with Gasteiger partial charge in [0.05, 0.1) is 18.6 Å². The van der Waals surface area contributed by atoms with Crippen LogP contribution in [0.4, 0.5) is 0 Å². The first-order chi connectivity index (χ1) is 10.1. The van der Waals surface area contributed by atoms with E-state index in [0.29, 0.717) is 18.9 Å². The molecular formula is C16H29N3O2. The Morgan fingerprint density at radius 1 is 1.38 bits per heavy atom. The van der Waals surface area contributed by atoms with Gasteiger partial charge in [-0.05, 0) is 32.2 Å². The number of aryl methyl sites for hydroxylation is 1. The van der Waals surface area contributed by atoms with E-state index >= 15 is 0 Å². The summed E-state index contributed by atoms with van der Waals surface area (Å²) in [4.78, 5) is 15.6. The van der Waals surface area contributed by atoms with Crippen LogP contribution in [-0.2, 0) is 22.6 Å². The smallest absolute Gasteiger partial charge is 0.305 e. The van der Waals surface area contributed by atoms with Gasteiger partial charge in [0.15, 0.2) is 0 Å². The molecule has 0 saturated carbocycles. The fourth-order valence-corrected chi connectivity index (χ4v) is 2.08. The molecule has 21 heavy (non-hydrogen) atoms. The Kier molecular flexibility index (Phi) is 8.74. The van der Waals surface area contributed by atoms with Crippen LogP contribution >= 0.6 is 0 Å². The van der Waals surface area contributed by atoms with Crippen molar-refractivity contribution in [2.24, 2.45) is 5.92 Å². The number of ether oxygens (including phenoxy) is 1. The van der Waals surface area contributed by atoms with E-state index in [1.807, 2.05) is 13.3 Å². The first kappa shape index (κ1) is 17.7. The molecule has 0 aliphatic rings. The fraction of sp³-hybridized carbons (Fsp3) is 0.750. The monoisotopic (exact) mass is 295 g/mol. The van der Waals surface area contributed by atoms with Crippen molar-refractivity contribution in [2.75, 3.05) is 13.2 Å². The van der Waals surface area contributed by atoms with Gasteiger partial charge in [-0.2, -0.15) is 0 Å². The third-order valence-corrected chi connectivity index (χ3v) is 3.15. The summed E-state index contributed by atoms with van der Waals surface area (Å²) >= 11 is 0. The summed E-state index contributed by atoms with van der Waals surface area (Å²) in [5.41, 5.74) is 1.09. The number of aromatic nitrogens is 2. The van der Waals surface area contributed by atoms with Crippen molar-refractivity contribution >= 4 is 5.97 Å². The van der Waals surface area contributed by atoms with Crippen molar-refractivity contribution in [1.29, 1.82) is 0 Å². The SMILES string of the molecule is CCOC(=O)CCCCCn1cnc(CNCC(C)C)c1. The molecule has 1 N–H and O–H groups in total. The van der Waals surface area contributed by atoms with Gasteiger partial charge in [0.1, 0.15) is 0 Å². The number of carbonyl (C=O) groups excluding carboxylic acids is 1. The van der Waals surface area contributed by atoms with E-state index in [1.54, 1.807) is 0 Å². The molecule has 1 rings (SSSR count). The van der Waals surface area contributed by atoms with E-state index in [1.165, 1.54) is 0 Å². The molecule has 1 aromatic heterocycles. The lowest BCUT2D eigenvalue weighted by atomic mass is 10.2. The molecule has 0 aliphatic carbocycles. The molecule has 0 fully saturated rings. The van der Waals surface area contributed by atoms with Gasteiger partial charge >= 0.3 is 5.97 Å². The Morgan fingerprint density at radius 3 is 2.90 bits per heavy atom. The first-order valence-electron chi connectivity index (χ1n) is 7.98. The van der Waals surface area contributed by atoms with Crippen LogP contribution in [0.1, 0.15) is 52.1 Å². The highest BCUT2D eigenvalue weighted by Gasteiger charge is 2.02. The van der Waals surface area contributed by atoms with E-state index < -0.39 is 0 Å². The highest BCUT2D eigenvalue weighted by atomic mass is 16.5. The molecule has 0 aromatic carbocycles. The number of carbonyl (C=O) groups is 1. The normalized spacial score (nSPS) is 11.0. The van der Waals surface area contributed by atoms with Crippen LogP contribution in [0.25, 0.3) is 0 Å². The average molecular weight is 295 g/mol. The lowest BCUT2D eigenvalue weighted by Gasteiger charge is -2.05. The zero-order valence-corrected chi connectivity index (χ0v) is 13.6. The summed E-state index contributed by atoms with van der Waals surface area (Å²) in [6.45, 7) is 9.50. The molecule has 0 atom stereocenters. The Bertz CT molecular complexity index is 402. The van der Waals surface area contributed by atoms with Gasteiger partial charge in [-0.1, -0.05) is 20.3 Å². The minimum Gasteiger partial charge on any atom is -0.466 e. The fourth-order valence-electron chi connectivity index (χ4n) is 2.08. The number of nitrogens with one attached hydrogen (secondary N) is 1. The molecule has 0 bridgehead atoms. The van der Waals surface area contributed by atoms with Gasteiger partial charge in [-0.25, -0.2) is 4.98 Å². The summed E-state index contributed by atoms with van der Waals surface area (Å²) in [7, 11) is 0. The number of hydrogen-bond acceptors (Lipinski definition) is 4. The first-order valence-corrected chi connectivity index (χ1v) is 7.98. The molecule has 0 amide bonds. The van der Waals surface area contributed by atoms with Crippen LogP contribution in [0.2, 0.25) is 0 Å². The van der Waals surface area contributed by atoms with Gasteiger partial charge in [0.2, 0.25) is 0 Å². The molecule has 1 heterocycles. The van der Waals surface area contributed by atoms with E-state index in [2.05, 4.69) is 34.9 Å². The maximum Gasteiger partial charge on any atom is 0.305 e. The molecule has 0 saturated heterocycles. The highest BCUT2D eigenvalue weighted by Crippen LogP contribution is 2.05.